The van der Waals surface area contributed by atoms with Crippen molar-refractivity contribution in [2.75, 3.05) is 30.6 Å². The van der Waals surface area contributed by atoms with Crippen LogP contribution < -0.4 is 25.8 Å². The van der Waals surface area contributed by atoms with E-state index in [1.54, 1.807) is 32.4 Å². The van der Waals surface area contributed by atoms with Gasteiger partial charge in [0.05, 0.1) is 14.2 Å². The monoisotopic (exact) mass is 404 g/mol. The Morgan fingerprint density at radius 3 is 2.43 bits per heavy atom. The maximum Gasteiger partial charge on any atom is 0.248 e. The van der Waals surface area contributed by atoms with Crippen LogP contribution in [0.3, 0.4) is 0 Å². The maximum absolute atomic E-state index is 6.06. The number of nitrogens with zero attached hydrogens (tertiary/aromatic N) is 5. The molecule has 0 amide bonds. The molecule has 10 nitrogen and oxygen atoms in total. The van der Waals surface area contributed by atoms with E-state index in [9.17, 15) is 0 Å². The Balaban J connectivity index is 1.56. The van der Waals surface area contributed by atoms with Crippen molar-refractivity contribution in [3.8, 4) is 17.3 Å². The molecule has 0 spiro atoms. The van der Waals surface area contributed by atoms with Crippen LogP contribution in [0.25, 0.3) is 5.82 Å². The van der Waals surface area contributed by atoms with Crippen LogP contribution in [-0.2, 0) is 0 Å². The summed E-state index contributed by atoms with van der Waals surface area (Å²) in [4.78, 5) is 12.7. The first kappa shape index (κ1) is 19.0. The molecule has 10 heteroatoms. The van der Waals surface area contributed by atoms with Crippen molar-refractivity contribution in [3.63, 3.8) is 0 Å². The van der Waals surface area contributed by atoms with Gasteiger partial charge >= 0.3 is 0 Å². The van der Waals surface area contributed by atoms with Crippen molar-refractivity contribution in [3.05, 3.63) is 60.9 Å². The maximum atomic E-state index is 6.06. The van der Waals surface area contributed by atoms with E-state index in [-0.39, 0.29) is 5.95 Å². The quantitative estimate of drug-likeness (QED) is 0.426. The van der Waals surface area contributed by atoms with Crippen LogP contribution in [0.1, 0.15) is 0 Å². The van der Waals surface area contributed by atoms with Crippen LogP contribution in [0, 0.1) is 0 Å². The van der Waals surface area contributed by atoms with Gasteiger partial charge in [0.25, 0.3) is 0 Å². The van der Waals surface area contributed by atoms with Gasteiger partial charge in [-0.3, -0.25) is 0 Å². The zero-order valence-electron chi connectivity index (χ0n) is 16.4. The van der Waals surface area contributed by atoms with E-state index in [0.29, 0.717) is 29.1 Å². The molecule has 0 saturated carbocycles. The number of aromatic nitrogens is 5. The van der Waals surface area contributed by atoms with Gasteiger partial charge in [-0.2, -0.15) is 9.67 Å². The predicted octanol–water partition coefficient (Wildman–Crippen LogP) is 3.14. The smallest absolute Gasteiger partial charge is 0.248 e. The van der Waals surface area contributed by atoms with Crippen molar-refractivity contribution in [1.29, 1.82) is 0 Å². The SMILES string of the molecule is COc1ccc(Nc2nc(N)n(-c3cc(Nc4ccccc4)ncn3)n2)cc1OC. The largest absolute Gasteiger partial charge is 0.493 e. The first-order chi connectivity index (χ1) is 14.7. The number of rotatable bonds is 7. The molecule has 0 atom stereocenters. The number of hydrogen-bond donors (Lipinski definition) is 3. The van der Waals surface area contributed by atoms with E-state index in [4.69, 9.17) is 15.2 Å². The summed E-state index contributed by atoms with van der Waals surface area (Å²) in [6, 6.07) is 16.8. The van der Waals surface area contributed by atoms with Crippen LogP contribution in [-0.4, -0.2) is 39.0 Å². The Hall–Kier alpha value is -4.34. The Labute approximate surface area is 172 Å². The molecular formula is C20H20N8O2. The summed E-state index contributed by atoms with van der Waals surface area (Å²) in [6.45, 7) is 0. The highest BCUT2D eigenvalue weighted by molar-refractivity contribution is 5.61. The normalized spacial score (nSPS) is 10.5. The van der Waals surface area contributed by atoms with Crippen LogP contribution in [0.2, 0.25) is 0 Å². The topological polar surface area (TPSA) is 125 Å². The summed E-state index contributed by atoms with van der Waals surface area (Å²) in [7, 11) is 3.15. The Kier molecular flexibility index (Phi) is 5.29. The van der Waals surface area contributed by atoms with E-state index >= 15 is 0 Å². The second-order valence-corrected chi connectivity index (χ2v) is 6.15. The molecule has 0 bridgehead atoms. The molecule has 0 aliphatic carbocycles. The molecule has 0 saturated heterocycles. The lowest BCUT2D eigenvalue weighted by atomic mass is 10.3. The van der Waals surface area contributed by atoms with Gasteiger partial charge in [-0.15, -0.1) is 5.10 Å². The van der Waals surface area contributed by atoms with Crippen molar-refractivity contribution in [2.45, 2.75) is 0 Å². The lowest BCUT2D eigenvalue weighted by Crippen LogP contribution is -2.06. The number of nitrogens with one attached hydrogen (secondary N) is 2. The van der Waals surface area contributed by atoms with Gasteiger partial charge in [0.15, 0.2) is 17.3 Å². The van der Waals surface area contributed by atoms with Crippen LogP contribution in [0.4, 0.5) is 29.1 Å². The fraction of sp³-hybridized carbons (Fsp3) is 0.100. The van der Waals surface area contributed by atoms with Gasteiger partial charge in [0.1, 0.15) is 12.1 Å². The Morgan fingerprint density at radius 1 is 0.867 bits per heavy atom. The standard InChI is InChI=1S/C20H20N8O2/c1-29-15-9-8-14(10-16(15)30-2)25-20-26-19(21)28(27-20)18-11-17(22-12-23-18)24-13-6-4-3-5-7-13/h3-12H,1-2H3,(H,22,23,24)(H3,21,25,26,27). The second-order valence-electron chi connectivity index (χ2n) is 6.15. The van der Waals surface area contributed by atoms with E-state index in [1.807, 2.05) is 36.4 Å². The number of ether oxygens (including phenoxy) is 2. The number of nitrogens with two attached hydrogens (primary N) is 1. The Bertz CT molecular complexity index is 1150. The van der Waals surface area contributed by atoms with Crippen molar-refractivity contribution in [2.24, 2.45) is 0 Å². The zero-order valence-corrected chi connectivity index (χ0v) is 16.4. The third-order valence-corrected chi connectivity index (χ3v) is 4.19. The first-order valence-electron chi connectivity index (χ1n) is 9.02. The lowest BCUT2D eigenvalue weighted by Gasteiger charge is -2.09. The molecule has 2 aromatic heterocycles. The number of para-hydroxylation sites is 1. The van der Waals surface area contributed by atoms with Crippen LogP contribution in [0.15, 0.2) is 60.9 Å². The summed E-state index contributed by atoms with van der Waals surface area (Å²) in [6.07, 6.45) is 1.43. The summed E-state index contributed by atoms with van der Waals surface area (Å²) >= 11 is 0. The van der Waals surface area contributed by atoms with Gasteiger partial charge in [-0.1, -0.05) is 18.2 Å². The predicted molar refractivity (Wildman–Crippen MR) is 114 cm³/mol. The van der Waals surface area contributed by atoms with E-state index < -0.39 is 0 Å². The number of nitrogen functional groups attached to an aromatic ring is 1. The van der Waals surface area contributed by atoms with Crippen molar-refractivity contribution >= 4 is 29.1 Å². The molecule has 2 heterocycles. The molecule has 4 rings (SSSR count). The van der Waals surface area contributed by atoms with Gasteiger partial charge in [-0.25, -0.2) is 9.97 Å². The van der Waals surface area contributed by atoms with Crippen molar-refractivity contribution in [1.82, 2.24) is 24.7 Å². The highest BCUT2D eigenvalue weighted by atomic mass is 16.5. The van der Waals surface area contributed by atoms with Gasteiger partial charge in [0.2, 0.25) is 11.9 Å². The van der Waals surface area contributed by atoms with Crippen LogP contribution >= 0.6 is 0 Å². The molecule has 152 valence electrons. The summed E-state index contributed by atoms with van der Waals surface area (Å²) in [5.41, 5.74) is 7.68. The molecule has 0 unspecified atom stereocenters. The van der Waals surface area contributed by atoms with Crippen LogP contribution in [0.5, 0.6) is 11.5 Å². The molecular weight excluding hydrogens is 384 g/mol. The fourth-order valence-electron chi connectivity index (χ4n) is 2.79. The van der Waals surface area contributed by atoms with Gasteiger partial charge in [0, 0.05) is 23.5 Å². The first-order valence-corrected chi connectivity index (χ1v) is 9.02. The molecule has 0 fully saturated rings. The fourth-order valence-corrected chi connectivity index (χ4v) is 2.79. The average molecular weight is 404 g/mol. The molecule has 0 aliphatic rings. The third-order valence-electron chi connectivity index (χ3n) is 4.19. The molecule has 4 N–H and O–H groups in total. The zero-order chi connectivity index (χ0) is 20.9. The number of methoxy groups -OCH3 is 2. The lowest BCUT2D eigenvalue weighted by molar-refractivity contribution is 0.355. The molecule has 30 heavy (non-hydrogen) atoms. The van der Waals surface area contributed by atoms with Crippen molar-refractivity contribution < 1.29 is 9.47 Å². The highest BCUT2D eigenvalue weighted by Crippen LogP contribution is 2.30. The van der Waals surface area contributed by atoms with E-state index in [0.717, 1.165) is 11.4 Å². The third kappa shape index (κ3) is 4.07. The number of anilines is 5. The second kappa shape index (κ2) is 8.35. The summed E-state index contributed by atoms with van der Waals surface area (Å²) < 4.78 is 12.0. The Morgan fingerprint density at radius 2 is 1.67 bits per heavy atom. The molecule has 0 aliphatic heterocycles. The van der Waals surface area contributed by atoms with E-state index in [2.05, 4.69) is 30.7 Å². The van der Waals surface area contributed by atoms with E-state index in [1.165, 1.54) is 11.0 Å². The van der Waals surface area contributed by atoms with Gasteiger partial charge < -0.3 is 25.8 Å². The summed E-state index contributed by atoms with van der Waals surface area (Å²) in [5.74, 6) is 2.80. The number of benzene rings is 2. The molecule has 0 radical (unpaired) electrons. The highest BCUT2D eigenvalue weighted by Gasteiger charge is 2.12. The van der Waals surface area contributed by atoms with Gasteiger partial charge in [-0.05, 0) is 24.3 Å². The molecule has 4 aromatic rings. The minimum atomic E-state index is 0.183. The number of hydrogen-bond acceptors (Lipinski definition) is 9. The minimum Gasteiger partial charge on any atom is -0.493 e. The minimum absolute atomic E-state index is 0.183. The average Bonchev–Trinajstić information content (AvgIpc) is 3.14. The molecule has 2 aromatic carbocycles. The summed E-state index contributed by atoms with van der Waals surface area (Å²) in [5, 5.41) is 10.7.